The molecule has 14 heteroatoms. The molecule has 192 valence electrons. The van der Waals surface area contributed by atoms with E-state index in [4.69, 9.17) is 32.8 Å². The number of hydrogen-bond acceptors (Lipinski definition) is 6. The van der Waals surface area contributed by atoms with Crippen LogP contribution in [0.25, 0.3) is 10.8 Å². The van der Waals surface area contributed by atoms with Crippen molar-refractivity contribution in [3.05, 3.63) is 76.3 Å². The van der Waals surface area contributed by atoms with Crippen LogP contribution in [-0.2, 0) is 33.8 Å². The molecule has 0 aliphatic carbocycles. The van der Waals surface area contributed by atoms with E-state index in [9.17, 15) is 31.2 Å². The zero-order valence-corrected chi connectivity index (χ0v) is 20.5. The predicted molar refractivity (Wildman–Crippen MR) is 135 cm³/mol. The minimum absolute atomic E-state index is 0.0689. The van der Waals surface area contributed by atoms with Crippen molar-refractivity contribution in [1.82, 2.24) is 0 Å². The van der Waals surface area contributed by atoms with Crippen LogP contribution in [0.4, 0.5) is 13.2 Å². The number of halogens is 3. The van der Waals surface area contributed by atoms with Crippen molar-refractivity contribution >= 4 is 56.4 Å². The maximum absolute atomic E-state index is 13.1. The first-order valence-corrected chi connectivity index (χ1v) is 12.6. The Hall–Kier alpha value is -3.25. The average Bonchev–Trinajstić information content (AvgIpc) is 2.86. The lowest BCUT2D eigenvalue weighted by Crippen LogP contribution is -2.39. The van der Waals surface area contributed by atoms with Gasteiger partial charge in [-0.25, -0.2) is 9.59 Å². The van der Waals surface area contributed by atoms with E-state index in [1.54, 1.807) is 12.1 Å². The first-order chi connectivity index (χ1) is 17.7. The van der Waals surface area contributed by atoms with E-state index in [0.29, 0.717) is 21.9 Å². The van der Waals surface area contributed by atoms with Gasteiger partial charge in [0.2, 0.25) is 6.10 Å². The van der Waals surface area contributed by atoms with Crippen LogP contribution >= 0.6 is 0 Å². The van der Waals surface area contributed by atoms with Gasteiger partial charge in [-0.05, 0) is 46.2 Å². The quantitative estimate of drug-likeness (QED) is 0.193. The lowest BCUT2D eigenvalue weighted by atomic mass is 9.85. The number of rotatable bonds is 9. The Morgan fingerprint density at radius 3 is 1.76 bits per heavy atom. The molecule has 0 fully saturated rings. The van der Waals surface area contributed by atoms with Crippen LogP contribution in [0.15, 0.2) is 48.5 Å². The second kappa shape index (κ2) is 11.6. The molecule has 1 N–H and O–H groups in total. The summed E-state index contributed by atoms with van der Waals surface area (Å²) in [7, 11) is 12.2. The van der Waals surface area contributed by atoms with Crippen molar-refractivity contribution in [2.24, 2.45) is 0 Å². The van der Waals surface area contributed by atoms with Gasteiger partial charge in [0.15, 0.2) is 0 Å². The number of alkyl halides is 3. The van der Waals surface area contributed by atoms with Crippen molar-refractivity contribution < 1.29 is 45.2 Å². The first-order valence-electron chi connectivity index (χ1n) is 11.0. The van der Waals surface area contributed by atoms with Gasteiger partial charge in [0, 0.05) is 0 Å². The monoisotopic (exact) mass is 540 g/mol. The van der Waals surface area contributed by atoms with Crippen molar-refractivity contribution in [1.29, 1.82) is 0 Å². The lowest BCUT2D eigenvalue weighted by Gasteiger charge is -2.19. The Bertz CT molecular complexity index is 1450. The van der Waals surface area contributed by atoms with Crippen LogP contribution in [0, 0.1) is 0 Å². The largest absolute Gasteiger partial charge is 0.448 e. The molecule has 0 amide bonds. The lowest BCUT2D eigenvalue weighted by molar-refractivity contribution is -0.197. The van der Waals surface area contributed by atoms with E-state index < -0.39 is 40.1 Å². The number of ether oxygens (including phenoxy) is 2. The van der Waals surface area contributed by atoms with Gasteiger partial charge in [0.25, 0.3) is 10.1 Å². The molecular weight excluding hydrogens is 522 g/mol. The maximum Gasteiger partial charge on any atom is 0.426 e. The van der Waals surface area contributed by atoms with E-state index in [-0.39, 0.29) is 35.8 Å². The zero-order chi connectivity index (χ0) is 28.3. The molecule has 6 radical (unpaired) electrons. The number of carbonyl (C=O) groups excluding carboxylic acids is 2. The van der Waals surface area contributed by atoms with Crippen molar-refractivity contribution in [3.63, 3.8) is 0 Å². The number of carbonyl (C=O) groups is 2. The minimum Gasteiger partial charge on any atom is -0.448 e. The third kappa shape index (κ3) is 7.19. The summed E-state index contributed by atoms with van der Waals surface area (Å²) in [6.07, 6.45) is -7.91. The Kier molecular flexibility index (Phi) is 8.99. The Morgan fingerprint density at radius 2 is 1.34 bits per heavy atom. The van der Waals surface area contributed by atoms with Gasteiger partial charge >= 0.3 is 18.1 Å². The van der Waals surface area contributed by atoms with Gasteiger partial charge < -0.3 is 9.47 Å². The van der Waals surface area contributed by atoms with Crippen LogP contribution in [0.5, 0.6) is 5.75 Å². The standard InChI is InChI=1S/C24H18B3F3O7S/c25-9-13-5-18(10-26)21(19(6-13)11-27)37-23(32)17-4-2-14-7-16(3-1-15(14)8-17)22(31)36-20(24(28,29)30)12-38(33,34)35/h1-8,20H,9-12H2,(H,33,34,35). The van der Waals surface area contributed by atoms with Crippen LogP contribution in [0.1, 0.15) is 37.4 Å². The molecule has 3 rings (SSSR count). The van der Waals surface area contributed by atoms with E-state index in [0.717, 1.165) is 11.6 Å². The average molecular weight is 540 g/mol. The van der Waals surface area contributed by atoms with Gasteiger partial charge in [-0.15, -0.1) is 0 Å². The highest BCUT2D eigenvalue weighted by molar-refractivity contribution is 7.85. The molecule has 0 aliphatic heterocycles. The molecule has 3 aromatic carbocycles. The molecule has 0 aliphatic rings. The number of fused-ring (bicyclic) bond motifs is 1. The van der Waals surface area contributed by atoms with Crippen LogP contribution in [0.2, 0.25) is 0 Å². The molecule has 0 heterocycles. The van der Waals surface area contributed by atoms with Crippen molar-refractivity contribution in [2.45, 2.75) is 31.2 Å². The first kappa shape index (κ1) is 29.3. The van der Waals surface area contributed by atoms with Crippen LogP contribution in [0.3, 0.4) is 0 Å². The molecule has 0 saturated carbocycles. The van der Waals surface area contributed by atoms with Gasteiger partial charge in [-0.1, -0.05) is 48.8 Å². The Labute approximate surface area is 220 Å². The highest BCUT2D eigenvalue weighted by atomic mass is 32.2. The summed E-state index contributed by atoms with van der Waals surface area (Å²) < 4.78 is 79.6. The summed E-state index contributed by atoms with van der Waals surface area (Å²) in [6.45, 7) is 0. The van der Waals surface area contributed by atoms with Gasteiger partial charge in [-0.3, -0.25) is 4.55 Å². The van der Waals surface area contributed by atoms with Crippen molar-refractivity contribution in [2.75, 3.05) is 5.75 Å². The Morgan fingerprint density at radius 1 is 0.842 bits per heavy atom. The molecule has 0 bridgehead atoms. The molecule has 0 aromatic heterocycles. The van der Waals surface area contributed by atoms with Crippen LogP contribution in [-0.4, -0.2) is 66.5 Å². The van der Waals surface area contributed by atoms with Gasteiger partial charge in [0.1, 0.15) is 11.5 Å². The molecule has 3 aromatic rings. The second-order valence-electron chi connectivity index (χ2n) is 8.21. The summed E-state index contributed by atoms with van der Waals surface area (Å²) in [6, 6.07) is 11.4. The third-order valence-electron chi connectivity index (χ3n) is 5.46. The summed E-state index contributed by atoms with van der Waals surface area (Å²) in [5.74, 6) is -3.79. The highest BCUT2D eigenvalue weighted by Crippen LogP contribution is 2.29. The fourth-order valence-corrected chi connectivity index (χ4v) is 4.25. The fourth-order valence-electron chi connectivity index (χ4n) is 3.61. The molecule has 0 saturated heterocycles. The SMILES string of the molecule is [B]Cc1cc(C[B])c(OC(=O)c2ccc3cc(C(=O)OC(CS(=O)(=O)O)C(F)(F)F)ccc3c2)c(C[B])c1. The molecule has 38 heavy (non-hydrogen) atoms. The fraction of sp³-hybridized carbons (Fsp3) is 0.250. The van der Waals surface area contributed by atoms with E-state index in [1.807, 2.05) is 0 Å². The number of esters is 2. The predicted octanol–water partition coefficient (Wildman–Crippen LogP) is 3.04. The molecule has 7 nitrogen and oxygen atoms in total. The third-order valence-corrected chi connectivity index (χ3v) is 6.18. The second-order valence-corrected chi connectivity index (χ2v) is 9.70. The molecular formula is C24H18B3F3O7S. The van der Waals surface area contributed by atoms with Gasteiger partial charge in [0.05, 0.1) is 34.7 Å². The number of benzene rings is 3. The normalized spacial score (nSPS) is 12.7. The summed E-state index contributed by atoms with van der Waals surface area (Å²) in [5, 5.41) is 0.810. The molecule has 0 spiro atoms. The van der Waals surface area contributed by atoms with E-state index in [1.165, 1.54) is 30.3 Å². The zero-order valence-electron chi connectivity index (χ0n) is 19.7. The van der Waals surface area contributed by atoms with Crippen LogP contribution < -0.4 is 4.74 Å². The summed E-state index contributed by atoms with van der Waals surface area (Å²) >= 11 is 0. The minimum atomic E-state index is -5.23. The highest BCUT2D eigenvalue weighted by Gasteiger charge is 2.45. The topological polar surface area (TPSA) is 107 Å². The smallest absolute Gasteiger partial charge is 0.426 e. The summed E-state index contributed by atoms with van der Waals surface area (Å²) in [4.78, 5) is 25.1. The number of hydrogen-bond donors (Lipinski definition) is 1. The molecule has 1 atom stereocenters. The maximum atomic E-state index is 13.1. The van der Waals surface area contributed by atoms with E-state index in [2.05, 4.69) is 4.74 Å². The molecule has 1 unspecified atom stereocenters. The Balaban J connectivity index is 1.85. The summed E-state index contributed by atoms with van der Waals surface area (Å²) in [5.41, 5.74) is 1.67. The van der Waals surface area contributed by atoms with Crippen molar-refractivity contribution in [3.8, 4) is 5.75 Å². The van der Waals surface area contributed by atoms with Gasteiger partial charge in [-0.2, -0.15) is 21.6 Å². The van der Waals surface area contributed by atoms with E-state index >= 15 is 0 Å².